The topological polar surface area (TPSA) is 75.0 Å². The fourth-order valence-corrected chi connectivity index (χ4v) is 1.43. The molecule has 0 radical (unpaired) electrons. The predicted molar refractivity (Wildman–Crippen MR) is 69.5 cm³/mol. The third kappa shape index (κ3) is 3.54. The van der Waals surface area contributed by atoms with Gasteiger partial charge in [0.25, 0.3) is 5.91 Å². The van der Waals surface area contributed by atoms with Crippen LogP contribution in [0.5, 0.6) is 5.75 Å². The highest BCUT2D eigenvalue weighted by atomic mass is 16.5. The van der Waals surface area contributed by atoms with Gasteiger partial charge in [-0.2, -0.15) is 5.26 Å². The van der Waals surface area contributed by atoms with E-state index in [1.807, 2.05) is 24.3 Å². The second-order valence-electron chi connectivity index (χ2n) is 3.66. The van der Waals surface area contributed by atoms with E-state index >= 15 is 0 Å². The first-order chi connectivity index (χ1) is 9.29. The molecule has 0 unspecified atom stereocenters. The number of hydrogen-bond donors (Lipinski definition) is 1. The van der Waals surface area contributed by atoms with Gasteiger partial charge in [-0.25, -0.2) is 4.98 Å². The fraction of sp³-hybridized carbons (Fsp3) is 0.0714. The summed E-state index contributed by atoms with van der Waals surface area (Å²) < 4.78 is 5.29. The minimum atomic E-state index is -0.362. The quantitative estimate of drug-likeness (QED) is 0.903. The average molecular weight is 253 g/mol. The number of para-hydroxylation sites is 1. The van der Waals surface area contributed by atoms with E-state index in [4.69, 9.17) is 10.00 Å². The summed E-state index contributed by atoms with van der Waals surface area (Å²) in [5.41, 5.74) is 0.315. The summed E-state index contributed by atoms with van der Waals surface area (Å²) in [6.07, 6.45) is 1.51. The van der Waals surface area contributed by atoms with Gasteiger partial charge in [-0.3, -0.25) is 4.79 Å². The van der Waals surface area contributed by atoms with Crippen LogP contribution in [0.3, 0.4) is 0 Å². The zero-order valence-electron chi connectivity index (χ0n) is 10.0. The maximum atomic E-state index is 11.7. The molecule has 19 heavy (non-hydrogen) atoms. The molecule has 0 spiro atoms. The molecular formula is C14H11N3O2. The molecule has 1 amide bonds. The molecule has 5 nitrogen and oxygen atoms in total. The van der Waals surface area contributed by atoms with Crippen LogP contribution in [0.15, 0.2) is 48.7 Å². The van der Waals surface area contributed by atoms with E-state index in [2.05, 4.69) is 10.3 Å². The van der Waals surface area contributed by atoms with E-state index in [-0.39, 0.29) is 18.3 Å². The Morgan fingerprint density at radius 1 is 1.26 bits per heavy atom. The lowest BCUT2D eigenvalue weighted by molar-refractivity contribution is -0.118. The number of amides is 1. The molecule has 0 aliphatic carbocycles. The third-order valence-electron chi connectivity index (χ3n) is 2.30. The molecule has 1 aromatic carbocycles. The molecule has 0 atom stereocenters. The van der Waals surface area contributed by atoms with Crippen molar-refractivity contribution in [2.45, 2.75) is 0 Å². The van der Waals surface area contributed by atoms with Gasteiger partial charge in [-0.15, -0.1) is 0 Å². The summed E-state index contributed by atoms with van der Waals surface area (Å²) >= 11 is 0. The molecular weight excluding hydrogens is 242 g/mol. The number of pyridine rings is 1. The van der Waals surface area contributed by atoms with Gasteiger partial charge in [-0.05, 0) is 24.3 Å². The molecule has 1 N–H and O–H groups in total. The predicted octanol–water partition coefficient (Wildman–Crippen LogP) is 1.97. The van der Waals surface area contributed by atoms with Crippen molar-refractivity contribution in [3.05, 3.63) is 54.2 Å². The number of carbonyl (C=O) groups excluding carboxylic acids is 1. The summed E-state index contributed by atoms with van der Waals surface area (Å²) in [4.78, 5) is 15.6. The number of hydrogen-bond acceptors (Lipinski definition) is 4. The lowest BCUT2D eigenvalue weighted by atomic mass is 10.3. The first-order valence-electron chi connectivity index (χ1n) is 5.62. The van der Waals surface area contributed by atoms with Crippen molar-refractivity contribution in [1.29, 1.82) is 5.26 Å². The van der Waals surface area contributed by atoms with Crippen molar-refractivity contribution in [2.24, 2.45) is 0 Å². The molecule has 0 saturated carbocycles. The minimum Gasteiger partial charge on any atom is -0.484 e. The van der Waals surface area contributed by atoms with Crippen LogP contribution in [-0.4, -0.2) is 17.5 Å². The van der Waals surface area contributed by atoms with E-state index in [9.17, 15) is 4.79 Å². The van der Waals surface area contributed by atoms with Gasteiger partial charge >= 0.3 is 0 Å². The number of carbonyl (C=O) groups is 1. The maximum Gasteiger partial charge on any atom is 0.263 e. The first-order valence-corrected chi connectivity index (χ1v) is 5.62. The molecule has 1 heterocycles. The molecule has 0 fully saturated rings. The molecule has 94 valence electrons. The Labute approximate surface area is 110 Å². The summed E-state index contributed by atoms with van der Waals surface area (Å²) in [5, 5.41) is 11.4. The van der Waals surface area contributed by atoms with Crippen LogP contribution in [0.4, 0.5) is 5.82 Å². The largest absolute Gasteiger partial charge is 0.484 e. The second kappa shape index (κ2) is 6.17. The highest BCUT2D eigenvalue weighted by molar-refractivity contribution is 5.92. The van der Waals surface area contributed by atoms with Crippen LogP contribution in [0.1, 0.15) is 5.56 Å². The number of benzene rings is 1. The minimum absolute atomic E-state index is 0.133. The normalized spacial score (nSPS) is 9.42. The van der Waals surface area contributed by atoms with Gasteiger partial charge in [0, 0.05) is 6.20 Å². The zero-order chi connectivity index (χ0) is 13.5. The lowest BCUT2D eigenvalue weighted by Gasteiger charge is -2.07. The Kier molecular flexibility index (Phi) is 4.09. The van der Waals surface area contributed by atoms with Gasteiger partial charge < -0.3 is 10.1 Å². The van der Waals surface area contributed by atoms with Crippen molar-refractivity contribution in [1.82, 2.24) is 4.98 Å². The van der Waals surface area contributed by atoms with Gasteiger partial charge in [-0.1, -0.05) is 18.2 Å². The van der Waals surface area contributed by atoms with E-state index in [1.165, 1.54) is 6.20 Å². The molecule has 2 aromatic rings. The Morgan fingerprint density at radius 3 is 2.79 bits per heavy atom. The fourth-order valence-electron chi connectivity index (χ4n) is 1.43. The summed E-state index contributed by atoms with van der Waals surface area (Å²) in [5.74, 6) is 0.491. The van der Waals surface area contributed by atoms with Crippen LogP contribution >= 0.6 is 0 Å². The Balaban J connectivity index is 1.93. The van der Waals surface area contributed by atoms with Gasteiger partial charge in [0.1, 0.15) is 11.8 Å². The van der Waals surface area contributed by atoms with E-state index < -0.39 is 0 Å². The number of nitrogens with one attached hydrogen (secondary N) is 1. The van der Waals surface area contributed by atoms with E-state index in [0.29, 0.717) is 11.3 Å². The number of anilines is 1. The van der Waals surface area contributed by atoms with Crippen LogP contribution in [0.25, 0.3) is 0 Å². The monoisotopic (exact) mass is 253 g/mol. The molecule has 0 saturated heterocycles. The number of rotatable bonds is 4. The van der Waals surface area contributed by atoms with Crippen LogP contribution < -0.4 is 10.1 Å². The first kappa shape index (κ1) is 12.6. The summed E-state index contributed by atoms with van der Waals surface area (Å²) in [6.45, 7) is -0.133. The molecule has 5 heteroatoms. The van der Waals surface area contributed by atoms with Crippen molar-refractivity contribution < 1.29 is 9.53 Å². The summed E-state index contributed by atoms with van der Waals surface area (Å²) in [6, 6.07) is 14.2. The maximum absolute atomic E-state index is 11.7. The Hall–Kier alpha value is -2.87. The van der Waals surface area contributed by atoms with Crippen molar-refractivity contribution in [2.75, 3.05) is 11.9 Å². The van der Waals surface area contributed by atoms with Crippen LogP contribution in [0, 0.1) is 11.3 Å². The lowest BCUT2D eigenvalue weighted by Crippen LogP contribution is -2.21. The van der Waals surface area contributed by atoms with Crippen LogP contribution in [0.2, 0.25) is 0 Å². The van der Waals surface area contributed by atoms with E-state index in [0.717, 1.165) is 0 Å². The van der Waals surface area contributed by atoms with Crippen LogP contribution in [-0.2, 0) is 4.79 Å². The van der Waals surface area contributed by atoms with Gasteiger partial charge in [0.05, 0.1) is 5.56 Å². The highest BCUT2D eigenvalue weighted by Crippen LogP contribution is 2.10. The van der Waals surface area contributed by atoms with Crippen molar-refractivity contribution in [3.8, 4) is 11.8 Å². The van der Waals surface area contributed by atoms with Gasteiger partial charge in [0.15, 0.2) is 12.4 Å². The SMILES string of the molecule is N#Cc1cccnc1NC(=O)COc1ccccc1. The summed E-state index contributed by atoms with van der Waals surface area (Å²) in [7, 11) is 0. The molecule has 1 aromatic heterocycles. The molecule has 0 aliphatic heterocycles. The standard InChI is InChI=1S/C14H11N3O2/c15-9-11-5-4-8-16-14(11)17-13(18)10-19-12-6-2-1-3-7-12/h1-8H,10H2,(H,16,17,18). The number of nitrogens with zero attached hydrogens (tertiary/aromatic N) is 2. The molecule has 0 aliphatic rings. The highest BCUT2D eigenvalue weighted by Gasteiger charge is 2.08. The molecule has 0 bridgehead atoms. The number of aromatic nitrogens is 1. The smallest absolute Gasteiger partial charge is 0.263 e. The van der Waals surface area contributed by atoms with E-state index in [1.54, 1.807) is 24.3 Å². The average Bonchev–Trinajstić information content (AvgIpc) is 2.47. The van der Waals surface area contributed by atoms with Gasteiger partial charge in [0.2, 0.25) is 0 Å². The number of nitriles is 1. The molecule has 2 rings (SSSR count). The Morgan fingerprint density at radius 2 is 2.05 bits per heavy atom. The van der Waals surface area contributed by atoms with Crippen molar-refractivity contribution in [3.63, 3.8) is 0 Å². The van der Waals surface area contributed by atoms with Crippen molar-refractivity contribution >= 4 is 11.7 Å². The Bertz CT molecular complexity index is 606. The number of ether oxygens (including phenoxy) is 1. The third-order valence-corrected chi connectivity index (χ3v) is 2.30. The zero-order valence-corrected chi connectivity index (χ0v) is 10.0. The second-order valence-corrected chi connectivity index (χ2v) is 3.66.